The molecule has 0 bridgehead atoms. The molecule has 0 saturated heterocycles. The first-order chi connectivity index (χ1) is 7.65. The number of benzene rings is 1. The van der Waals surface area contributed by atoms with Gasteiger partial charge in [-0.05, 0) is 5.92 Å². The van der Waals surface area contributed by atoms with Gasteiger partial charge in [-0.1, -0.05) is 6.92 Å². The van der Waals surface area contributed by atoms with Gasteiger partial charge in [0.05, 0.1) is 0 Å². The maximum absolute atomic E-state index is 13.4. The molecule has 0 aromatic heterocycles. The molecule has 1 unspecified atom stereocenters. The third-order valence-corrected chi connectivity index (χ3v) is 2.57. The van der Waals surface area contributed by atoms with E-state index in [1.54, 1.807) is 6.92 Å². The first-order valence-corrected chi connectivity index (χ1v) is 4.89. The number of ether oxygens (including phenoxy) is 2. The molecule has 0 saturated carbocycles. The van der Waals surface area contributed by atoms with E-state index in [1.165, 1.54) is 0 Å². The zero-order valence-electron chi connectivity index (χ0n) is 8.70. The number of carbonyl (C=O) groups is 1. The summed E-state index contributed by atoms with van der Waals surface area (Å²) < 4.78 is 23.6. The summed E-state index contributed by atoms with van der Waals surface area (Å²) in [6.07, 6.45) is 0.907. The Morgan fingerprint density at radius 3 is 3.06 bits per heavy atom. The average molecular weight is 226 g/mol. The van der Waals surface area contributed by atoms with Gasteiger partial charge in [0.2, 0.25) is 6.79 Å². The average Bonchev–Trinajstić information content (AvgIpc) is 2.67. The molecule has 0 aliphatic carbocycles. The summed E-state index contributed by atoms with van der Waals surface area (Å²) in [5.74, 6) is -0.962. The zero-order valence-corrected chi connectivity index (χ0v) is 8.70. The summed E-state index contributed by atoms with van der Waals surface area (Å²) in [4.78, 5) is 10.4. The molecule has 0 radical (unpaired) electrons. The molecule has 2 rings (SSSR count). The predicted octanol–water partition coefficient (Wildman–Crippen LogP) is 1.95. The summed E-state index contributed by atoms with van der Waals surface area (Å²) in [5.41, 5.74) is 0.291. The molecule has 1 aromatic carbocycles. The minimum absolute atomic E-state index is 0.000956. The number of phenolic OH excluding ortho intramolecular Hbond substituents is 1. The van der Waals surface area contributed by atoms with E-state index >= 15 is 0 Å². The molecule has 0 amide bonds. The van der Waals surface area contributed by atoms with Crippen molar-refractivity contribution in [3.63, 3.8) is 0 Å². The summed E-state index contributed by atoms with van der Waals surface area (Å²) in [5, 5.41) is 9.63. The molecule has 1 heterocycles. The summed E-state index contributed by atoms with van der Waals surface area (Å²) in [7, 11) is 0. The van der Waals surface area contributed by atoms with Gasteiger partial charge in [-0.25, -0.2) is 4.39 Å². The fraction of sp³-hybridized carbons (Fsp3) is 0.364. The molecular weight excluding hydrogens is 215 g/mol. The van der Waals surface area contributed by atoms with E-state index in [0.29, 0.717) is 11.3 Å². The van der Waals surface area contributed by atoms with Crippen LogP contribution in [0.25, 0.3) is 0 Å². The van der Waals surface area contributed by atoms with Crippen LogP contribution in [-0.4, -0.2) is 18.2 Å². The van der Waals surface area contributed by atoms with E-state index in [-0.39, 0.29) is 24.9 Å². The van der Waals surface area contributed by atoms with Gasteiger partial charge in [0.1, 0.15) is 6.29 Å². The first-order valence-electron chi connectivity index (χ1n) is 4.89. The van der Waals surface area contributed by atoms with Crippen molar-refractivity contribution in [2.75, 3.05) is 6.79 Å². The molecule has 86 valence electrons. The number of hydrogen-bond donors (Lipinski definition) is 1. The van der Waals surface area contributed by atoms with Gasteiger partial charge in [-0.2, -0.15) is 0 Å². The third kappa shape index (κ3) is 1.58. The number of hydrogen-bond acceptors (Lipinski definition) is 4. The normalized spacial score (nSPS) is 14.9. The van der Waals surface area contributed by atoms with Crippen LogP contribution in [-0.2, 0) is 4.79 Å². The van der Waals surface area contributed by atoms with Crippen LogP contribution in [0.2, 0.25) is 0 Å². The lowest BCUT2D eigenvalue weighted by atomic mass is 9.96. The quantitative estimate of drug-likeness (QED) is 0.800. The van der Waals surface area contributed by atoms with Gasteiger partial charge >= 0.3 is 0 Å². The largest absolute Gasteiger partial charge is 0.505 e. The van der Waals surface area contributed by atoms with E-state index in [2.05, 4.69) is 0 Å². The number of rotatable bonds is 3. The predicted molar refractivity (Wildman–Crippen MR) is 53.3 cm³/mol. The van der Waals surface area contributed by atoms with E-state index in [4.69, 9.17) is 9.47 Å². The molecular formula is C11H11FO4. The lowest BCUT2D eigenvalue weighted by molar-refractivity contribution is -0.108. The van der Waals surface area contributed by atoms with E-state index in [0.717, 1.165) is 12.4 Å². The van der Waals surface area contributed by atoms with Crippen molar-refractivity contribution in [3.8, 4) is 17.2 Å². The van der Waals surface area contributed by atoms with Crippen LogP contribution in [0.1, 0.15) is 24.8 Å². The second-order valence-corrected chi connectivity index (χ2v) is 3.66. The number of fused-ring (bicyclic) bond motifs is 1. The Labute approximate surface area is 91.6 Å². The zero-order chi connectivity index (χ0) is 11.7. The van der Waals surface area contributed by atoms with Crippen LogP contribution >= 0.6 is 0 Å². The van der Waals surface area contributed by atoms with Crippen LogP contribution in [0.3, 0.4) is 0 Å². The van der Waals surface area contributed by atoms with Crippen molar-refractivity contribution >= 4 is 6.29 Å². The highest BCUT2D eigenvalue weighted by Gasteiger charge is 2.27. The summed E-state index contributed by atoms with van der Waals surface area (Å²) in [6, 6.07) is 1.08. The van der Waals surface area contributed by atoms with E-state index in [9.17, 15) is 14.3 Å². The van der Waals surface area contributed by atoms with Crippen LogP contribution in [0, 0.1) is 5.82 Å². The topological polar surface area (TPSA) is 55.8 Å². The van der Waals surface area contributed by atoms with Crippen molar-refractivity contribution < 1.29 is 23.8 Å². The highest BCUT2D eigenvalue weighted by atomic mass is 19.1. The number of phenols is 1. The van der Waals surface area contributed by atoms with Gasteiger partial charge in [-0.3, -0.25) is 0 Å². The fourth-order valence-corrected chi connectivity index (χ4v) is 1.75. The molecule has 1 aliphatic heterocycles. The Balaban J connectivity index is 2.53. The standard InChI is InChI=1S/C11H11FO4/c1-6(2-3-13)9-10(14)7(12)4-8-11(9)16-5-15-8/h3-4,6,14H,2,5H2,1H3. The molecule has 16 heavy (non-hydrogen) atoms. The monoisotopic (exact) mass is 226 g/mol. The maximum Gasteiger partial charge on any atom is 0.231 e. The Morgan fingerprint density at radius 2 is 2.38 bits per heavy atom. The molecule has 5 heteroatoms. The minimum atomic E-state index is -0.767. The summed E-state index contributed by atoms with van der Waals surface area (Å²) in [6.45, 7) is 1.71. The molecule has 1 aliphatic rings. The van der Waals surface area contributed by atoms with Crippen molar-refractivity contribution in [3.05, 3.63) is 17.4 Å². The number of carbonyl (C=O) groups excluding carboxylic acids is 1. The highest BCUT2D eigenvalue weighted by molar-refractivity contribution is 5.60. The maximum atomic E-state index is 13.4. The van der Waals surface area contributed by atoms with Crippen LogP contribution in [0.4, 0.5) is 4.39 Å². The van der Waals surface area contributed by atoms with E-state index in [1.807, 2.05) is 0 Å². The number of halogens is 1. The van der Waals surface area contributed by atoms with Gasteiger partial charge < -0.3 is 19.4 Å². The van der Waals surface area contributed by atoms with E-state index < -0.39 is 11.6 Å². The molecule has 4 nitrogen and oxygen atoms in total. The van der Waals surface area contributed by atoms with Crippen LogP contribution in [0.5, 0.6) is 17.2 Å². The molecule has 1 aromatic rings. The summed E-state index contributed by atoms with van der Waals surface area (Å²) >= 11 is 0. The molecule has 0 fully saturated rings. The number of aldehydes is 1. The Kier molecular flexibility index (Phi) is 2.68. The van der Waals surface area contributed by atoms with Crippen molar-refractivity contribution in [2.45, 2.75) is 19.3 Å². The fourth-order valence-electron chi connectivity index (χ4n) is 1.75. The Hall–Kier alpha value is -1.78. The van der Waals surface area contributed by atoms with Crippen molar-refractivity contribution in [1.82, 2.24) is 0 Å². The second kappa shape index (κ2) is 4.00. The Morgan fingerprint density at radius 1 is 1.62 bits per heavy atom. The highest BCUT2D eigenvalue weighted by Crippen LogP contribution is 2.46. The van der Waals surface area contributed by atoms with Gasteiger partial charge in [0, 0.05) is 18.1 Å². The second-order valence-electron chi connectivity index (χ2n) is 3.66. The molecule has 1 N–H and O–H groups in total. The number of aromatic hydroxyl groups is 1. The van der Waals surface area contributed by atoms with Crippen molar-refractivity contribution in [2.24, 2.45) is 0 Å². The smallest absolute Gasteiger partial charge is 0.231 e. The van der Waals surface area contributed by atoms with Crippen molar-refractivity contribution in [1.29, 1.82) is 0 Å². The minimum Gasteiger partial charge on any atom is -0.505 e. The molecule has 1 atom stereocenters. The lowest BCUT2D eigenvalue weighted by Crippen LogP contribution is -1.99. The van der Waals surface area contributed by atoms with Gasteiger partial charge in [0.25, 0.3) is 0 Å². The first kappa shape index (κ1) is 10.7. The van der Waals surface area contributed by atoms with Crippen LogP contribution in [0.15, 0.2) is 6.07 Å². The lowest BCUT2D eigenvalue weighted by Gasteiger charge is -2.13. The Bertz CT molecular complexity index is 430. The van der Waals surface area contributed by atoms with Crippen LogP contribution < -0.4 is 9.47 Å². The third-order valence-electron chi connectivity index (χ3n) is 2.57. The van der Waals surface area contributed by atoms with Gasteiger partial charge in [-0.15, -0.1) is 0 Å². The van der Waals surface area contributed by atoms with Gasteiger partial charge in [0.15, 0.2) is 23.1 Å². The SMILES string of the molecule is CC(CC=O)c1c(O)c(F)cc2c1OCO2. The molecule has 0 spiro atoms.